The fraction of sp³-hybridized carbons (Fsp3) is 0.375. The molecule has 1 atom stereocenters. The lowest BCUT2D eigenvalue weighted by Gasteiger charge is -2.03. The van der Waals surface area contributed by atoms with E-state index in [1.807, 2.05) is 0 Å². The molecule has 0 saturated heterocycles. The second-order valence-corrected chi connectivity index (χ2v) is 4.11. The van der Waals surface area contributed by atoms with Crippen LogP contribution in [0.5, 0.6) is 5.75 Å². The van der Waals surface area contributed by atoms with Crippen LogP contribution in [0.4, 0.5) is 0 Å². The van der Waals surface area contributed by atoms with E-state index in [1.54, 1.807) is 18.5 Å². The van der Waals surface area contributed by atoms with Gasteiger partial charge in [0.1, 0.15) is 5.75 Å². The molecule has 3 nitrogen and oxygen atoms in total. The van der Waals surface area contributed by atoms with Crippen molar-refractivity contribution < 1.29 is 8.95 Å². The van der Waals surface area contributed by atoms with Gasteiger partial charge in [-0.05, 0) is 12.5 Å². The Kier molecular flexibility index (Phi) is 2.08. The maximum absolute atomic E-state index is 11.5. The quantitative estimate of drug-likeness (QED) is 0.601. The van der Waals surface area contributed by atoms with Crippen LogP contribution in [0, 0.1) is 0 Å². The van der Waals surface area contributed by atoms with Gasteiger partial charge < -0.3 is 4.74 Å². The minimum Gasteiger partial charge on any atom is -0.492 e. The van der Waals surface area contributed by atoms with Gasteiger partial charge in [-0.3, -0.25) is 9.19 Å². The third kappa shape index (κ3) is 1.34. The summed E-state index contributed by atoms with van der Waals surface area (Å²) in [5.74, 6) is 1.40. The zero-order valence-corrected chi connectivity index (χ0v) is 7.34. The van der Waals surface area contributed by atoms with E-state index < -0.39 is 10.8 Å². The largest absolute Gasteiger partial charge is 0.492 e. The zero-order valence-electron chi connectivity index (χ0n) is 6.53. The lowest BCUT2D eigenvalue weighted by Crippen LogP contribution is -1.96. The van der Waals surface area contributed by atoms with Crippen LogP contribution in [0.1, 0.15) is 6.42 Å². The van der Waals surface area contributed by atoms with E-state index >= 15 is 0 Å². The monoisotopic (exact) mass is 183 g/mol. The Morgan fingerprint density at radius 3 is 3.42 bits per heavy atom. The molecule has 4 heteroatoms. The molecule has 0 saturated carbocycles. The minimum absolute atomic E-state index is 0.656. The van der Waals surface area contributed by atoms with Crippen molar-refractivity contribution in [3.8, 4) is 5.75 Å². The predicted molar refractivity (Wildman–Crippen MR) is 45.6 cm³/mol. The second-order valence-electron chi connectivity index (χ2n) is 2.57. The van der Waals surface area contributed by atoms with E-state index in [9.17, 15) is 4.21 Å². The fourth-order valence-electron chi connectivity index (χ4n) is 1.14. The summed E-state index contributed by atoms with van der Waals surface area (Å²) >= 11 is 0. The normalized spacial score (nSPS) is 22.2. The molecule has 1 unspecified atom stereocenters. The minimum atomic E-state index is -0.920. The molecule has 0 aliphatic carbocycles. The molecule has 0 aromatic carbocycles. The summed E-state index contributed by atoms with van der Waals surface area (Å²) in [6, 6.07) is 1.76. The van der Waals surface area contributed by atoms with E-state index in [4.69, 9.17) is 4.74 Å². The smallest absolute Gasteiger partial charge is 0.138 e. The Bertz CT molecular complexity index is 314. The average Bonchev–Trinajstić information content (AvgIpc) is 2.29. The molecule has 1 aromatic rings. The first-order valence-electron chi connectivity index (χ1n) is 3.83. The van der Waals surface area contributed by atoms with Crippen molar-refractivity contribution >= 4 is 10.8 Å². The molecule has 1 aliphatic heterocycles. The number of ether oxygens (including phenoxy) is 1. The van der Waals surface area contributed by atoms with Crippen LogP contribution in [-0.2, 0) is 10.8 Å². The molecule has 0 radical (unpaired) electrons. The van der Waals surface area contributed by atoms with Crippen LogP contribution in [0.3, 0.4) is 0 Å². The highest BCUT2D eigenvalue weighted by molar-refractivity contribution is 7.85. The number of fused-ring (bicyclic) bond motifs is 1. The van der Waals surface area contributed by atoms with Crippen LogP contribution in [-0.4, -0.2) is 21.6 Å². The summed E-state index contributed by atoms with van der Waals surface area (Å²) in [5, 5.41) is 0. The summed E-state index contributed by atoms with van der Waals surface area (Å²) in [6.45, 7) is 0.656. The summed E-state index contributed by atoms with van der Waals surface area (Å²) in [6.07, 6.45) is 4.12. The first-order valence-corrected chi connectivity index (χ1v) is 5.15. The van der Waals surface area contributed by atoms with Gasteiger partial charge in [-0.2, -0.15) is 0 Å². The summed E-state index contributed by atoms with van der Waals surface area (Å²) < 4.78 is 16.9. The van der Waals surface area contributed by atoms with Crippen LogP contribution < -0.4 is 4.74 Å². The van der Waals surface area contributed by atoms with Crippen molar-refractivity contribution in [3.63, 3.8) is 0 Å². The summed E-state index contributed by atoms with van der Waals surface area (Å²) in [4.78, 5) is 4.65. The van der Waals surface area contributed by atoms with Crippen molar-refractivity contribution in [1.29, 1.82) is 0 Å². The second kappa shape index (κ2) is 3.23. The Morgan fingerprint density at radius 2 is 2.50 bits per heavy atom. The van der Waals surface area contributed by atoms with Crippen LogP contribution in [0.15, 0.2) is 23.4 Å². The van der Waals surface area contributed by atoms with Crippen molar-refractivity contribution in [2.45, 2.75) is 11.3 Å². The topological polar surface area (TPSA) is 39.2 Å². The zero-order chi connectivity index (χ0) is 8.39. The first-order chi connectivity index (χ1) is 5.88. The highest BCUT2D eigenvalue weighted by Crippen LogP contribution is 2.23. The highest BCUT2D eigenvalue weighted by Gasteiger charge is 2.14. The molecule has 0 N–H and O–H groups in total. The molecule has 0 spiro atoms. The van der Waals surface area contributed by atoms with E-state index in [-0.39, 0.29) is 0 Å². The van der Waals surface area contributed by atoms with E-state index in [1.165, 1.54) is 0 Å². The molecular formula is C8H9NO2S. The molecule has 0 bridgehead atoms. The van der Waals surface area contributed by atoms with Crippen LogP contribution in [0.2, 0.25) is 0 Å². The van der Waals surface area contributed by atoms with E-state index in [2.05, 4.69) is 4.98 Å². The number of hydrogen-bond acceptors (Lipinski definition) is 3. The number of rotatable bonds is 0. The molecule has 64 valence electrons. The molecule has 0 fully saturated rings. The number of pyridine rings is 1. The third-order valence-electron chi connectivity index (χ3n) is 1.72. The summed E-state index contributed by atoms with van der Waals surface area (Å²) in [7, 11) is -0.920. The lowest BCUT2D eigenvalue weighted by molar-refractivity contribution is 0.314. The van der Waals surface area contributed by atoms with E-state index in [0.717, 1.165) is 17.1 Å². The van der Waals surface area contributed by atoms with Gasteiger partial charge in [0, 0.05) is 18.1 Å². The molecule has 1 aliphatic rings. The fourth-order valence-corrected chi connectivity index (χ4v) is 2.27. The number of hydrogen-bond donors (Lipinski definition) is 0. The molecule has 0 amide bonds. The maximum atomic E-state index is 11.5. The molecule has 1 aromatic heterocycles. The Hall–Kier alpha value is -0.900. The maximum Gasteiger partial charge on any atom is 0.138 e. The Labute approximate surface area is 73.2 Å². The van der Waals surface area contributed by atoms with Crippen LogP contribution in [0.25, 0.3) is 0 Å². The van der Waals surface area contributed by atoms with Crippen molar-refractivity contribution in [1.82, 2.24) is 4.98 Å². The van der Waals surface area contributed by atoms with Gasteiger partial charge in [-0.25, -0.2) is 0 Å². The van der Waals surface area contributed by atoms with Gasteiger partial charge in [0.15, 0.2) is 0 Å². The molecular weight excluding hydrogens is 174 g/mol. The van der Waals surface area contributed by atoms with Gasteiger partial charge in [-0.15, -0.1) is 0 Å². The van der Waals surface area contributed by atoms with Gasteiger partial charge in [-0.1, -0.05) is 0 Å². The van der Waals surface area contributed by atoms with Crippen molar-refractivity contribution in [2.24, 2.45) is 0 Å². The van der Waals surface area contributed by atoms with Gasteiger partial charge in [0.05, 0.1) is 22.3 Å². The first kappa shape index (κ1) is 7.73. The number of aromatic nitrogens is 1. The van der Waals surface area contributed by atoms with Gasteiger partial charge in [0.25, 0.3) is 0 Å². The van der Waals surface area contributed by atoms with Crippen molar-refractivity contribution in [3.05, 3.63) is 18.5 Å². The standard InChI is InChI=1S/C8H9NO2S/c10-12-5-1-4-11-7-2-3-9-6-8(7)12/h2-3,6H,1,4-5H2. The van der Waals surface area contributed by atoms with E-state index in [0.29, 0.717) is 12.4 Å². The SMILES string of the molecule is O=S1CCCOc2ccncc21. The third-order valence-corrected chi connectivity index (χ3v) is 3.18. The predicted octanol–water partition coefficient (Wildman–Crippen LogP) is 0.972. The number of nitrogens with zero attached hydrogens (tertiary/aromatic N) is 1. The average molecular weight is 183 g/mol. The van der Waals surface area contributed by atoms with Crippen molar-refractivity contribution in [2.75, 3.05) is 12.4 Å². The van der Waals surface area contributed by atoms with Gasteiger partial charge in [0.2, 0.25) is 0 Å². The Balaban J connectivity index is 2.46. The lowest BCUT2D eigenvalue weighted by atomic mass is 10.4. The molecule has 2 rings (SSSR count). The van der Waals surface area contributed by atoms with Crippen LogP contribution >= 0.6 is 0 Å². The summed E-state index contributed by atoms with van der Waals surface area (Å²) in [5.41, 5.74) is 0. The highest BCUT2D eigenvalue weighted by atomic mass is 32.2. The Morgan fingerprint density at radius 1 is 1.58 bits per heavy atom. The molecule has 12 heavy (non-hydrogen) atoms. The van der Waals surface area contributed by atoms with Gasteiger partial charge >= 0.3 is 0 Å². The molecule has 2 heterocycles.